The lowest BCUT2D eigenvalue weighted by Crippen LogP contribution is -2.51. The summed E-state index contributed by atoms with van der Waals surface area (Å²) in [4.78, 5) is 150. The number of piperidine rings is 4. The van der Waals surface area contributed by atoms with Gasteiger partial charge < -0.3 is 93.9 Å². The second-order valence-electron chi connectivity index (χ2n) is 34.4. The van der Waals surface area contributed by atoms with E-state index in [4.69, 9.17) is 24.7 Å². The van der Waals surface area contributed by atoms with Gasteiger partial charge in [0, 0.05) is 88.6 Å². The van der Waals surface area contributed by atoms with Crippen molar-refractivity contribution in [3.8, 4) is 0 Å². The fraction of sp³-hybridized carbons (Fsp3) is 0.407. The van der Waals surface area contributed by atoms with Gasteiger partial charge in [0.2, 0.25) is 0 Å². The van der Waals surface area contributed by atoms with Gasteiger partial charge in [-0.25, -0.2) is 38.4 Å². The summed E-state index contributed by atoms with van der Waals surface area (Å²) in [5.41, 5.74) is 17.4. The summed E-state index contributed by atoms with van der Waals surface area (Å²) in [6.07, 6.45) is 2.47. The molecule has 38 heteroatoms. The fourth-order valence-corrected chi connectivity index (χ4v) is 14.5. The van der Waals surface area contributed by atoms with Crippen LogP contribution in [0.15, 0.2) is 225 Å². The molecule has 0 radical (unpaired) electrons. The number of nitrogens with two attached hydrogens (primary N) is 1. The van der Waals surface area contributed by atoms with Crippen molar-refractivity contribution in [2.75, 3.05) is 113 Å². The van der Waals surface area contributed by atoms with Crippen LogP contribution in [0.3, 0.4) is 0 Å². The first kappa shape index (κ1) is 124. The lowest BCUT2D eigenvalue weighted by molar-refractivity contribution is -0.229. The molecule has 146 heavy (non-hydrogen) atoms. The van der Waals surface area contributed by atoms with Gasteiger partial charge in [0.25, 0.3) is 25.9 Å². The van der Waals surface area contributed by atoms with Gasteiger partial charge >= 0.3 is 73.5 Å². The van der Waals surface area contributed by atoms with Gasteiger partial charge in [-0.2, -0.15) is 0 Å². The highest BCUT2D eigenvalue weighted by atomic mass is 35.5. The number of benzene rings is 7. The quantitative estimate of drug-likeness (QED) is 0.00990. The number of likely N-dealkylation sites (N-methyl/N-ethyl adjacent to an activating group) is 2. The third-order valence-corrected chi connectivity index (χ3v) is 23.5. The van der Waals surface area contributed by atoms with Crippen molar-refractivity contribution in [3.05, 3.63) is 297 Å². The Balaban J connectivity index is 0.000000353. The third-order valence-electron chi connectivity index (χ3n) is 23.5. The highest BCUT2D eigenvalue weighted by Crippen LogP contribution is 2.25. The first-order valence-corrected chi connectivity index (χ1v) is 47.3. The summed E-state index contributed by atoms with van der Waals surface area (Å²) >= 11 is 0. The number of esters is 4. The molecule has 0 saturated carbocycles. The fourth-order valence-electron chi connectivity index (χ4n) is 14.5. The molecule has 4 aliphatic heterocycles. The summed E-state index contributed by atoms with van der Waals surface area (Å²) in [7, 11) is 10.8. The van der Waals surface area contributed by atoms with Crippen LogP contribution in [0.25, 0.3) is 0 Å². The van der Waals surface area contributed by atoms with Crippen LogP contribution in [0.5, 0.6) is 0 Å². The van der Waals surface area contributed by atoms with Crippen LogP contribution in [0.1, 0.15) is 145 Å². The standard InChI is InChI=1S/2C20H18O8.C15H22N2O2.2C14H22N2.C8H16N2O2.C8H10N2O2.C6H8N2.C3H6O3.ClH/c2*1-13-3-7-15(8-4-13)17(23)27-19(25-11-21)20(26-12-22)28-18(24)16-9-5-14(2)6-10-16;1-12-8-9-17(10-13-6-4-3-5-7-13)11-14(12)16-15(18)19-2;2*1-12-8-9-16(11-14(12)15-2)10-13-6-4-3-5-7-13;2*1-6-3-4-9-5-7(6)10-8(11)12-2;1-5-2-3-8-4-6(5)7;1-5-3(4)6-2;/h2*3-12,19-20H,1-2H3;3-7,12,14H,8-11H2,1-2H3,(H,16,18);2*3-7,12,14-15H,8-11H2,1-2H3;6-7,9H,3-5H2,1-2H3,(H,10,11);3-5H,1-2H3,(H,10,11);2-4H,7H2,1H3;1-2H3;1H/t2*19-,20-;;12-,14+;;;;;;/m11.1....../s1. The average molecular weight is 2040 g/mol. The van der Waals surface area contributed by atoms with Gasteiger partial charge in [0.1, 0.15) is 0 Å². The lowest BCUT2D eigenvalue weighted by Gasteiger charge is -2.37. The predicted molar refractivity (Wildman–Crippen MR) is 553 cm³/mol. The van der Waals surface area contributed by atoms with Gasteiger partial charge in [0.05, 0.1) is 75.4 Å². The number of halogens is 1. The number of ether oxygens (including phenoxy) is 13. The normalized spacial score (nSPS) is 17.7. The molecule has 0 bridgehead atoms. The van der Waals surface area contributed by atoms with Crippen molar-refractivity contribution in [2.24, 2.45) is 23.7 Å². The number of carbonyl (C=O) groups excluding carboxylic acids is 12. The molecule has 8 N–H and O–H groups in total. The minimum absolute atomic E-state index is 0. The number of carbonyl (C=O) groups is 12. The molecular formula is C108H143ClN12O25. The Labute approximate surface area is 861 Å². The molecule has 0 spiro atoms. The second-order valence-corrected chi connectivity index (χ2v) is 34.4. The lowest BCUT2D eigenvalue weighted by atomic mass is 9.93. The Bertz CT molecular complexity index is 4930. The molecule has 6 heterocycles. The van der Waals surface area contributed by atoms with Gasteiger partial charge in [0.15, 0.2) is 0 Å². The number of pyridine rings is 2. The number of aromatic nitrogens is 2. The summed E-state index contributed by atoms with van der Waals surface area (Å²) in [5.74, 6) is -0.823. The number of hydrogen-bond acceptors (Lipinski definition) is 34. The van der Waals surface area contributed by atoms with Crippen molar-refractivity contribution >= 4 is 98.0 Å². The van der Waals surface area contributed by atoms with Crippen LogP contribution in [0.2, 0.25) is 0 Å². The molecule has 4 fully saturated rings. The second kappa shape index (κ2) is 70.3. The average Bonchev–Trinajstić information content (AvgIpc) is 0.860. The Hall–Kier alpha value is -14.5. The monoisotopic (exact) mass is 2040 g/mol. The smallest absolute Gasteiger partial charge is 0.453 e. The molecule has 0 aliphatic carbocycles. The topological polar surface area (TPSA) is 459 Å². The van der Waals surface area contributed by atoms with Crippen LogP contribution in [0.4, 0.5) is 30.6 Å². The number of anilines is 2. The summed E-state index contributed by atoms with van der Waals surface area (Å²) in [6.45, 7) is 31.9. The van der Waals surface area contributed by atoms with E-state index in [2.05, 4.69) is 226 Å². The van der Waals surface area contributed by atoms with E-state index in [1.807, 2.05) is 59.7 Å². The number of rotatable bonds is 29. The van der Waals surface area contributed by atoms with Gasteiger partial charge in [-0.05, 0) is 220 Å². The van der Waals surface area contributed by atoms with E-state index in [0.717, 1.165) is 110 Å². The van der Waals surface area contributed by atoms with Crippen LogP contribution in [0, 0.1) is 65.2 Å². The van der Waals surface area contributed by atoms with Crippen molar-refractivity contribution in [1.82, 2.24) is 51.3 Å². The molecular weight excluding hydrogens is 1900 g/mol. The number of methoxy groups -OCH3 is 5. The van der Waals surface area contributed by atoms with Crippen molar-refractivity contribution in [1.29, 1.82) is 0 Å². The Morgan fingerprint density at radius 3 is 0.945 bits per heavy atom. The van der Waals surface area contributed by atoms with E-state index in [-0.39, 0.29) is 84.8 Å². The van der Waals surface area contributed by atoms with Crippen molar-refractivity contribution in [2.45, 2.75) is 164 Å². The van der Waals surface area contributed by atoms with Crippen molar-refractivity contribution < 1.29 is 119 Å². The number of likely N-dealkylation sites (tertiary alicyclic amines) is 3. The molecule has 4 aliphatic rings. The Morgan fingerprint density at radius 2 is 0.678 bits per heavy atom. The molecule has 2 aromatic heterocycles. The van der Waals surface area contributed by atoms with Crippen LogP contribution >= 0.6 is 12.4 Å². The zero-order valence-electron chi connectivity index (χ0n) is 86.1. The maximum absolute atomic E-state index is 12.2. The molecule has 9 aromatic rings. The highest BCUT2D eigenvalue weighted by Gasteiger charge is 2.36. The number of nitrogen functional groups attached to an aromatic ring is 1. The van der Waals surface area contributed by atoms with E-state index >= 15 is 0 Å². The molecule has 12 atom stereocenters. The first-order chi connectivity index (χ1) is 69.7. The van der Waals surface area contributed by atoms with E-state index in [1.54, 1.807) is 73.3 Å². The van der Waals surface area contributed by atoms with E-state index < -0.39 is 61.3 Å². The Morgan fingerprint density at radius 1 is 0.384 bits per heavy atom. The minimum Gasteiger partial charge on any atom is -0.453 e. The molecule has 7 aromatic carbocycles. The number of amides is 3. The van der Waals surface area contributed by atoms with Crippen LogP contribution < -0.4 is 37.6 Å². The zero-order valence-corrected chi connectivity index (χ0v) is 87.0. The SMILES string of the molecule is CNC1CN(Cc2ccccc2)CCC1C.CN[C@H]1CN(Cc2ccccc2)CC[C@H]1C.COC(=O)NC1CN(Cc2ccccc2)CCC1C.COC(=O)NC1CNCCC1C.COC(=O)Nc1cnccc1C.COC(=O)OC.Cc1ccc(C(=O)O[C@@H](OC=O)[C@H](OC=O)OC(=O)c2ccc(C)cc2)cc1.Cc1ccc(C(=O)O[C@@H](OC=O)[C@H](OC=O)OC(=O)c2ccc(C)cc2)cc1.Cc1ccncc1N.Cl. The first-order valence-electron chi connectivity index (χ1n) is 47.3. The van der Waals surface area contributed by atoms with E-state index in [0.29, 0.717) is 29.6 Å². The van der Waals surface area contributed by atoms with Gasteiger partial charge in [-0.3, -0.25) is 49.2 Å². The molecule has 37 nitrogen and oxygen atoms in total. The number of alkyl carbamates (subject to hydrolysis) is 2. The summed E-state index contributed by atoms with van der Waals surface area (Å²) in [6, 6.07) is 62.8. The number of nitrogens with one attached hydrogen (secondary N) is 6. The molecule has 13 rings (SSSR count). The van der Waals surface area contributed by atoms with E-state index in [9.17, 15) is 57.5 Å². The van der Waals surface area contributed by atoms with E-state index in [1.165, 1.54) is 140 Å². The maximum atomic E-state index is 12.2. The number of aryl methyl sites for hydroxylation is 6. The Kier molecular flexibility index (Phi) is 59.6. The molecule has 6 unspecified atom stereocenters. The van der Waals surface area contributed by atoms with Crippen molar-refractivity contribution in [3.63, 3.8) is 0 Å². The minimum atomic E-state index is -1.79. The van der Waals surface area contributed by atoms with Crippen LogP contribution in [-0.2, 0) is 100 Å². The largest absolute Gasteiger partial charge is 0.507 e. The van der Waals surface area contributed by atoms with Gasteiger partial charge in [-0.15, -0.1) is 12.4 Å². The molecule has 4 saturated heterocycles. The third kappa shape index (κ3) is 47.8. The molecule has 3 amide bonds. The highest BCUT2D eigenvalue weighted by molar-refractivity contribution is 5.92. The molecule has 792 valence electrons. The summed E-state index contributed by atoms with van der Waals surface area (Å²) < 4.78 is 60.4. The zero-order chi connectivity index (χ0) is 106. The summed E-state index contributed by atoms with van der Waals surface area (Å²) in [5, 5.41) is 18.3. The predicted octanol–water partition coefficient (Wildman–Crippen LogP) is 14.8. The van der Waals surface area contributed by atoms with Crippen LogP contribution in [-0.4, -0.2) is 250 Å². The number of nitrogens with zero attached hydrogens (tertiary/aromatic N) is 5. The maximum Gasteiger partial charge on any atom is 0.507 e. The van der Waals surface area contributed by atoms with Gasteiger partial charge in [-0.1, -0.05) is 189 Å². The number of hydrogen-bond donors (Lipinski definition) is 7.